The van der Waals surface area contributed by atoms with Gasteiger partial charge in [0.1, 0.15) is 6.04 Å². The van der Waals surface area contributed by atoms with E-state index in [1.54, 1.807) is 0 Å². The molecule has 0 bridgehead atoms. The molecule has 1 N–H and O–H groups in total. The minimum atomic E-state index is -3.49. The van der Waals surface area contributed by atoms with E-state index in [0.29, 0.717) is 19.4 Å². The van der Waals surface area contributed by atoms with Crippen molar-refractivity contribution in [2.24, 2.45) is 0 Å². The fraction of sp³-hybridized carbons (Fsp3) is 0.875. The first-order chi connectivity index (χ1) is 6.99. The fourth-order valence-electron chi connectivity index (χ4n) is 1.63. The minimum absolute atomic E-state index is 0.0885. The molecule has 0 aromatic carbocycles. The molecule has 0 aromatic heterocycles. The standard InChI is InChI=1S/C8H15NO5S/c1-14-5-6-15(12,13)9-4-2-3-7(9)8(10)11/h7H,2-6H2,1H3,(H,10,11)/t7-/m0/s1. The second-order valence-electron chi connectivity index (χ2n) is 3.42. The number of ether oxygens (including phenoxy) is 1. The molecule has 1 saturated heterocycles. The second-order valence-corrected chi connectivity index (χ2v) is 5.46. The van der Waals surface area contributed by atoms with E-state index in [4.69, 9.17) is 5.11 Å². The van der Waals surface area contributed by atoms with Crippen LogP contribution in [0.2, 0.25) is 0 Å². The van der Waals surface area contributed by atoms with Crippen LogP contribution in [0.1, 0.15) is 12.8 Å². The lowest BCUT2D eigenvalue weighted by atomic mass is 10.2. The van der Waals surface area contributed by atoms with Gasteiger partial charge in [-0.25, -0.2) is 8.42 Å². The van der Waals surface area contributed by atoms with Gasteiger partial charge in [-0.1, -0.05) is 0 Å². The van der Waals surface area contributed by atoms with E-state index >= 15 is 0 Å². The summed E-state index contributed by atoms with van der Waals surface area (Å²) >= 11 is 0. The maximum absolute atomic E-state index is 11.7. The third-order valence-corrected chi connectivity index (χ3v) is 4.23. The molecule has 1 atom stereocenters. The van der Waals surface area contributed by atoms with Crippen LogP contribution in [0, 0.1) is 0 Å². The third kappa shape index (κ3) is 2.90. The van der Waals surface area contributed by atoms with Crippen LogP contribution in [-0.2, 0) is 19.6 Å². The topological polar surface area (TPSA) is 83.9 Å². The summed E-state index contributed by atoms with van der Waals surface area (Å²) in [5, 5.41) is 8.84. The van der Waals surface area contributed by atoms with Crippen molar-refractivity contribution < 1.29 is 23.1 Å². The molecule has 0 unspecified atom stereocenters. The zero-order valence-corrected chi connectivity index (χ0v) is 9.37. The predicted molar refractivity (Wildman–Crippen MR) is 53.0 cm³/mol. The van der Waals surface area contributed by atoms with Gasteiger partial charge in [-0.05, 0) is 12.8 Å². The molecule has 0 radical (unpaired) electrons. The molecule has 0 aliphatic carbocycles. The van der Waals surface area contributed by atoms with Crippen LogP contribution in [0.3, 0.4) is 0 Å². The lowest BCUT2D eigenvalue weighted by Gasteiger charge is -2.20. The number of aliphatic carboxylic acids is 1. The molecule has 6 nitrogen and oxygen atoms in total. The first-order valence-corrected chi connectivity index (χ1v) is 6.31. The average Bonchev–Trinajstić information content (AvgIpc) is 2.63. The molecule has 0 amide bonds. The van der Waals surface area contributed by atoms with E-state index in [2.05, 4.69) is 4.74 Å². The van der Waals surface area contributed by atoms with Crippen molar-refractivity contribution in [1.29, 1.82) is 0 Å². The van der Waals surface area contributed by atoms with Crippen molar-refractivity contribution in [1.82, 2.24) is 4.31 Å². The van der Waals surface area contributed by atoms with Crippen molar-refractivity contribution in [3.8, 4) is 0 Å². The van der Waals surface area contributed by atoms with Gasteiger partial charge in [0.25, 0.3) is 0 Å². The molecule has 1 fully saturated rings. The zero-order chi connectivity index (χ0) is 11.5. The van der Waals surface area contributed by atoms with Gasteiger partial charge in [0, 0.05) is 13.7 Å². The SMILES string of the molecule is COCCS(=O)(=O)N1CCC[C@H]1C(=O)O. The Morgan fingerprint density at radius 2 is 2.27 bits per heavy atom. The summed E-state index contributed by atoms with van der Waals surface area (Å²) < 4.78 is 29.1. The lowest BCUT2D eigenvalue weighted by Crippen LogP contribution is -2.42. The summed E-state index contributed by atoms with van der Waals surface area (Å²) in [5.41, 5.74) is 0. The number of nitrogens with zero attached hydrogens (tertiary/aromatic N) is 1. The molecule has 1 heterocycles. The molecular formula is C8H15NO5S. The maximum Gasteiger partial charge on any atom is 0.322 e. The van der Waals surface area contributed by atoms with Crippen molar-refractivity contribution in [2.75, 3.05) is 26.0 Å². The highest BCUT2D eigenvalue weighted by Crippen LogP contribution is 2.21. The van der Waals surface area contributed by atoms with Gasteiger partial charge in [-0.15, -0.1) is 0 Å². The van der Waals surface area contributed by atoms with Crippen LogP contribution < -0.4 is 0 Å². The summed E-state index contributed by atoms with van der Waals surface area (Å²) in [7, 11) is -2.08. The number of carboxylic acid groups (broad SMARTS) is 1. The van der Waals surface area contributed by atoms with E-state index < -0.39 is 22.0 Å². The summed E-state index contributed by atoms with van der Waals surface area (Å²) in [5.74, 6) is -1.23. The predicted octanol–water partition coefficient (Wildman–Crippen LogP) is -0.488. The van der Waals surface area contributed by atoms with Gasteiger partial charge in [-0.3, -0.25) is 4.79 Å². The van der Waals surface area contributed by atoms with Crippen LogP contribution in [0.5, 0.6) is 0 Å². The number of hydrogen-bond donors (Lipinski definition) is 1. The van der Waals surface area contributed by atoms with Gasteiger partial charge in [0.05, 0.1) is 12.4 Å². The Kier molecular flexibility index (Phi) is 4.06. The Hall–Kier alpha value is -0.660. The molecule has 7 heteroatoms. The van der Waals surface area contributed by atoms with E-state index in [9.17, 15) is 13.2 Å². The van der Waals surface area contributed by atoms with Crippen LogP contribution in [0.25, 0.3) is 0 Å². The number of methoxy groups -OCH3 is 1. The lowest BCUT2D eigenvalue weighted by molar-refractivity contribution is -0.140. The Morgan fingerprint density at radius 1 is 1.60 bits per heavy atom. The Balaban J connectivity index is 2.73. The molecular weight excluding hydrogens is 222 g/mol. The Bertz CT molecular complexity index is 326. The number of rotatable bonds is 5. The van der Waals surface area contributed by atoms with Gasteiger partial charge in [0.2, 0.25) is 10.0 Å². The molecule has 88 valence electrons. The highest BCUT2D eigenvalue weighted by atomic mass is 32.2. The number of carbonyl (C=O) groups is 1. The van der Waals surface area contributed by atoms with Crippen molar-refractivity contribution in [3.05, 3.63) is 0 Å². The third-order valence-electron chi connectivity index (χ3n) is 2.39. The smallest absolute Gasteiger partial charge is 0.322 e. The van der Waals surface area contributed by atoms with Gasteiger partial charge < -0.3 is 9.84 Å². The second kappa shape index (κ2) is 4.91. The molecule has 1 aliphatic heterocycles. The Labute approximate surface area is 88.9 Å². The monoisotopic (exact) mass is 237 g/mol. The summed E-state index contributed by atoms with van der Waals surface area (Å²) in [6.45, 7) is 0.383. The largest absolute Gasteiger partial charge is 0.480 e. The number of hydrogen-bond acceptors (Lipinski definition) is 4. The summed E-state index contributed by atoms with van der Waals surface area (Å²) in [6, 6.07) is -0.896. The number of carboxylic acids is 1. The van der Waals surface area contributed by atoms with Crippen LogP contribution in [0.15, 0.2) is 0 Å². The van der Waals surface area contributed by atoms with E-state index in [1.807, 2.05) is 0 Å². The first-order valence-electron chi connectivity index (χ1n) is 4.70. The molecule has 0 aromatic rings. The Morgan fingerprint density at radius 3 is 2.80 bits per heavy atom. The first kappa shape index (κ1) is 12.4. The highest BCUT2D eigenvalue weighted by molar-refractivity contribution is 7.89. The average molecular weight is 237 g/mol. The molecule has 1 rings (SSSR count). The quantitative estimate of drug-likeness (QED) is 0.697. The molecule has 0 saturated carbocycles. The van der Waals surface area contributed by atoms with E-state index in [0.717, 1.165) is 4.31 Å². The molecule has 15 heavy (non-hydrogen) atoms. The highest BCUT2D eigenvalue weighted by Gasteiger charge is 2.38. The maximum atomic E-state index is 11.7. The van der Waals surface area contributed by atoms with Crippen molar-refractivity contribution in [2.45, 2.75) is 18.9 Å². The van der Waals surface area contributed by atoms with E-state index in [-0.39, 0.29) is 12.4 Å². The van der Waals surface area contributed by atoms with Gasteiger partial charge in [0.15, 0.2) is 0 Å². The van der Waals surface area contributed by atoms with Crippen LogP contribution >= 0.6 is 0 Å². The zero-order valence-electron chi connectivity index (χ0n) is 8.55. The van der Waals surface area contributed by atoms with E-state index in [1.165, 1.54) is 7.11 Å². The van der Waals surface area contributed by atoms with Gasteiger partial charge in [-0.2, -0.15) is 4.31 Å². The van der Waals surface area contributed by atoms with Gasteiger partial charge >= 0.3 is 5.97 Å². The molecule has 1 aliphatic rings. The minimum Gasteiger partial charge on any atom is -0.480 e. The van der Waals surface area contributed by atoms with Crippen LogP contribution in [-0.4, -0.2) is 55.9 Å². The summed E-state index contributed by atoms with van der Waals surface area (Å²) in [4.78, 5) is 10.8. The molecule has 0 spiro atoms. The van der Waals surface area contributed by atoms with Crippen LogP contribution in [0.4, 0.5) is 0 Å². The van der Waals surface area contributed by atoms with Crippen molar-refractivity contribution in [3.63, 3.8) is 0 Å². The normalized spacial score (nSPS) is 23.1. The summed E-state index contributed by atoms with van der Waals surface area (Å²) in [6.07, 6.45) is 0.991. The number of sulfonamides is 1. The fourth-order valence-corrected chi connectivity index (χ4v) is 3.23. The van der Waals surface area contributed by atoms with Crippen molar-refractivity contribution >= 4 is 16.0 Å².